The van der Waals surface area contributed by atoms with Gasteiger partial charge < -0.3 is 15.4 Å². The average molecular weight is 639 g/mol. The Hall–Kier alpha value is -3.94. The van der Waals surface area contributed by atoms with E-state index in [-0.39, 0.29) is 47.4 Å². The molecule has 10 heteroatoms. The molecule has 9 rings (SSSR count). The SMILES string of the molecule is CC[C@H](NC1CC1)[C@H]1Nc2nc(OC[C@@]34CCCN3C[C@H](F)C4)nc3c(F)c4nc(c23)[C@H](C#Cc2c(F)ccc3cccc-4c23)[C@@H]1C. The van der Waals surface area contributed by atoms with Crippen LogP contribution in [-0.4, -0.2) is 69.4 Å². The van der Waals surface area contributed by atoms with E-state index in [0.717, 1.165) is 44.0 Å². The number of rotatable bonds is 7. The third kappa shape index (κ3) is 4.61. The van der Waals surface area contributed by atoms with Gasteiger partial charge in [0.1, 0.15) is 35.6 Å². The molecule has 0 amide bonds. The lowest BCUT2D eigenvalue weighted by Gasteiger charge is -2.34. The van der Waals surface area contributed by atoms with Gasteiger partial charge in [0.15, 0.2) is 5.82 Å². The lowest BCUT2D eigenvalue weighted by molar-refractivity contribution is 0.107. The first-order chi connectivity index (χ1) is 22.8. The molecule has 0 radical (unpaired) electrons. The van der Waals surface area contributed by atoms with Gasteiger partial charge in [-0.05, 0) is 56.0 Å². The van der Waals surface area contributed by atoms with Crippen molar-refractivity contribution in [3.05, 3.63) is 53.2 Å². The molecule has 47 heavy (non-hydrogen) atoms. The summed E-state index contributed by atoms with van der Waals surface area (Å²) in [5.41, 5.74) is 1.07. The second kappa shape index (κ2) is 10.8. The molecule has 2 aromatic carbocycles. The van der Waals surface area contributed by atoms with Crippen LogP contribution in [0.5, 0.6) is 6.01 Å². The largest absolute Gasteiger partial charge is 0.461 e. The van der Waals surface area contributed by atoms with E-state index in [0.29, 0.717) is 46.9 Å². The van der Waals surface area contributed by atoms with Crippen molar-refractivity contribution < 1.29 is 17.9 Å². The number of ether oxygens (including phenoxy) is 1. The lowest BCUT2D eigenvalue weighted by Crippen LogP contribution is -2.49. The van der Waals surface area contributed by atoms with Crippen molar-refractivity contribution in [1.29, 1.82) is 0 Å². The molecule has 2 N–H and O–H groups in total. The number of nitrogens with zero attached hydrogens (tertiary/aromatic N) is 4. The number of halogens is 3. The molecule has 0 spiro atoms. The van der Waals surface area contributed by atoms with Crippen LogP contribution in [-0.2, 0) is 0 Å². The van der Waals surface area contributed by atoms with Gasteiger partial charge >= 0.3 is 6.01 Å². The summed E-state index contributed by atoms with van der Waals surface area (Å²) in [7, 11) is 0. The summed E-state index contributed by atoms with van der Waals surface area (Å²) in [5, 5.41) is 9.25. The molecule has 6 atom stereocenters. The predicted octanol–water partition coefficient (Wildman–Crippen LogP) is 6.49. The van der Waals surface area contributed by atoms with E-state index in [1.54, 1.807) is 12.1 Å². The Morgan fingerprint density at radius 1 is 1.15 bits per heavy atom. The van der Waals surface area contributed by atoms with Gasteiger partial charge in [-0.25, -0.2) is 18.2 Å². The van der Waals surface area contributed by atoms with Crippen molar-refractivity contribution >= 4 is 27.5 Å². The highest BCUT2D eigenvalue weighted by atomic mass is 19.1. The van der Waals surface area contributed by atoms with Crippen molar-refractivity contribution in [3.8, 4) is 29.1 Å². The third-order valence-corrected chi connectivity index (χ3v) is 11.2. The number of alkyl halides is 1. The highest BCUT2D eigenvalue weighted by Crippen LogP contribution is 2.45. The summed E-state index contributed by atoms with van der Waals surface area (Å²) in [6, 6.07) is 9.01. The number of fused-ring (bicyclic) bond motifs is 3. The van der Waals surface area contributed by atoms with Crippen LogP contribution >= 0.6 is 0 Å². The quantitative estimate of drug-likeness (QED) is 0.224. The predicted molar refractivity (Wildman–Crippen MR) is 175 cm³/mol. The molecule has 5 aliphatic rings. The first kappa shape index (κ1) is 29.2. The van der Waals surface area contributed by atoms with Crippen LogP contribution in [0.4, 0.5) is 19.0 Å². The zero-order valence-electron chi connectivity index (χ0n) is 26.5. The third-order valence-electron chi connectivity index (χ3n) is 11.2. The number of aromatic nitrogens is 3. The Morgan fingerprint density at radius 3 is 2.85 bits per heavy atom. The highest BCUT2D eigenvalue weighted by Gasteiger charge is 2.49. The maximum Gasteiger partial charge on any atom is 0.319 e. The molecule has 7 nitrogen and oxygen atoms in total. The monoisotopic (exact) mass is 638 g/mol. The zero-order valence-corrected chi connectivity index (χ0v) is 26.5. The van der Waals surface area contributed by atoms with Crippen LogP contribution < -0.4 is 15.4 Å². The standard InChI is InChI=1S/C37H37F3N6O/c1-3-27(41-22-9-10-22)31-19(2)23-11-12-24-26(39)13-8-20-6-4-7-25(28(20)24)33-30(40)34-29(32(23)42-33)35(43-31)45-36(44-34)47-18-37-14-5-15-46(37)17-21(38)16-37/h4,6-8,13,19,21-23,27,31,41H,3,5,9-10,14-18H2,1-2H3,(H,43,44,45)/t19-,21+,23+,27-,31-,37-/m0/s1. The Kier molecular flexibility index (Phi) is 6.71. The van der Waals surface area contributed by atoms with Crippen molar-refractivity contribution in [2.45, 2.75) is 88.1 Å². The minimum absolute atomic E-state index is 0.0456. The van der Waals surface area contributed by atoms with E-state index < -0.39 is 29.3 Å². The molecule has 2 saturated heterocycles. The Morgan fingerprint density at radius 2 is 2.02 bits per heavy atom. The molecule has 2 bridgehead atoms. The van der Waals surface area contributed by atoms with Crippen molar-refractivity contribution in [2.75, 3.05) is 25.0 Å². The minimum atomic E-state index is -0.897. The Balaban J connectivity index is 1.26. The summed E-state index contributed by atoms with van der Waals surface area (Å²) < 4.78 is 53.5. The summed E-state index contributed by atoms with van der Waals surface area (Å²) in [6.07, 6.45) is 4.44. The fraction of sp³-hybridized carbons (Fsp3) is 0.486. The first-order valence-electron chi connectivity index (χ1n) is 17.0. The molecule has 242 valence electrons. The zero-order chi connectivity index (χ0) is 32.0. The smallest absolute Gasteiger partial charge is 0.319 e. The molecule has 1 aliphatic carbocycles. The van der Waals surface area contributed by atoms with Crippen LogP contribution in [0.15, 0.2) is 30.3 Å². The minimum Gasteiger partial charge on any atom is -0.461 e. The van der Waals surface area contributed by atoms with Gasteiger partial charge in [0.25, 0.3) is 0 Å². The van der Waals surface area contributed by atoms with Crippen LogP contribution in [0.3, 0.4) is 0 Å². The fourth-order valence-electron chi connectivity index (χ4n) is 8.66. The second-order valence-corrected chi connectivity index (χ2v) is 14.2. The number of pyridine rings is 1. The summed E-state index contributed by atoms with van der Waals surface area (Å²) >= 11 is 0. The summed E-state index contributed by atoms with van der Waals surface area (Å²) in [5.74, 6) is 5.43. The molecule has 1 saturated carbocycles. The van der Waals surface area contributed by atoms with E-state index >= 15 is 8.78 Å². The fourth-order valence-corrected chi connectivity index (χ4v) is 8.66. The average Bonchev–Trinajstić information content (AvgIpc) is 3.73. The van der Waals surface area contributed by atoms with E-state index in [9.17, 15) is 4.39 Å². The number of nitrogens with one attached hydrogen (secondary N) is 2. The van der Waals surface area contributed by atoms with Gasteiger partial charge in [-0.3, -0.25) is 4.90 Å². The number of hydrogen-bond acceptors (Lipinski definition) is 7. The van der Waals surface area contributed by atoms with Crippen molar-refractivity contribution in [1.82, 2.24) is 25.2 Å². The summed E-state index contributed by atoms with van der Waals surface area (Å²) in [6.45, 7) is 5.75. The second-order valence-electron chi connectivity index (χ2n) is 14.2. The molecule has 4 aliphatic heterocycles. The molecule has 6 heterocycles. The van der Waals surface area contributed by atoms with E-state index in [4.69, 9.17) is 19.7 Å². The van der Waals surface area contributed by atoms with Gasteiger partial charge in [-0.1, -0.05) is 50.0 Å². The van der Waals surface area contributed by atoms with E-state index in [1.807, 2.05) is 12.1 Å². The number of anilines is 1. The normalized spacial score (nSPS) is 28.2. The molecule has 4 aromatic rings. The maximum absolute atomic E-state index is 17.1. The molecule has 2 aromatic heterocycles. The van der Waals surface area contributed by atoms with E-state index in [2.05, 4.69) is 41.2 Å². The molecule has 3 fully saturated rings. The van der Waals surface area contributed by atoms with Crippen LogP contribution in [0.1, 0.15) is 69.5 Å². The molecule has 0 unspecified atom stereocenters. The molecular weight excluding hydrogens is 601 g/mol. The maximum atomic E-state index is 17.1. The highest BCUT2D eigenvalue weighted by molar-refractivity contribution is 6.03. The van der Waals surface area contributed by atoms with Crippen LogP contribution in [0.2, 0.25) is 0 Å². The van der Waals surface area contributed by atoms with Gasteiger partial charge in [0.05, 0.1) is 28.1 Å². The van der Waals surface area contributed by atoms with Crippen LogP contribution in [0, 0.1) is 29.4 Å². The van der Waals surface area contributed by atoms with Gasteiger partial charge in [-0.15, -0.1) is 0 Å². The van der Waals surface area contributed by atoms with Crippen LogP contribution in [0.25, 0.3) is 32.9 Å². The lowest BCUT2D eigenvalue weighted by atomic mass is 9.81. The number of hydrogen-bond donors (Lipinski definition) is 2. The van der Waals surface area contributed by atoms with Gasteiger partial charge in [-0.2, -0.15) is 9.97 Å². The number of benzene rings is 2. The van der Waals surface area contributed by atoms with Gasteiger partial charge in [0, 0.05) is 42.0 Å². The van der Waals surface area contributed by atoms with Crippen molar-refractivity contribution in [2.24, 2.45) is 5.92 Å². The summed E-state index contributed by atoms with van der Waals surface area (Å²) in [4.78, 5) is 16.8. The Bertz CT molecular complexity index is 2010. The van der Waals surface area contributed by atoms with Gasteiger partial charge in [0.2, 0.25) is 0 Å². The Labute approximate surface area is 271 Å². The topological polar surface area (TPSA) is 75.2 Å². The van der Waals surface area contributed by atoms with Crippen molar-refractivity contribution in [3.63, 3.8) is 0 Å². The molecular formula is C37H37F3N6O. The van der Waals surface area contributed by atoms with E-state index in [1.165, 1.54) is 6.07 Å². The first-order valence-corrected chi connectivity index (χ1v) is 17.0.